The first-order valence-electron chi connectivity index (χ1n) is 6.63. The van der Waals surface area contributed by atoms with Crippen LogP contribution in [0.3, 0.4) is 0 Å². The van der Waals surface area contributed by atoms with Crippen molar-refractivity contribution in [3.8, 4) is 11.8 Å². The molecular formula is C15H18N4O2. The van der Waals surface area contributed by atoms with Crippen LogP contribution in [0.2, 0.25) is 0 Å². The van der Waals surface area contributed by atoms with Crippen molar-refractivity contribution in [2.24, 2.45) is 0 Å². The SMILES string of the molecule is CN(C)CCNC(=O)c1ccc(Oc2ncccn2)cc1. The average molecular weight is 286 g/mol. The molecule has 2 aromatic rings. The number of carbonyl (C=O) groups is 1. The van der Waals surface area contributed by atoms with E-state index in [1.165, 1.54) is 0 Å². The number of nitrogens with zero attached hydrogens (tertiary/aromatic N) is 3. The van der Waals surface area contributed by atoms with Gasteiger partial charge in [0, 0.05) is 31.0 Å². The highest BCUT2D eigenvalue weighted by molar-refractivity contribution is 5.94. The minimum absolute atomic E-state index is 0.0978. The van der Waals surface area contributed by atoms with E-state index in [1.54, 1.807) is 42.7 Å². The molecule has 0 unspecified atom stereocenters. The molecular weight excluding hydrogens is 268 g/mol. The topological polar surface area (TPSA) is 67.4 Å². The molecule has 0 bridgehead atoms. The van der Waals surface area contributed by atoms with Crippen LogP contribution in [-0.4, -0.2) is 48.0 Å². The zero-order chi connectivity index (χ0) is 15.1. The fourth-order valence-corrected chi connectivity index (χ4v) is 1.61. The van der Waals surface area contributed by atoms with Gasteiger partial charge in [0.1, 0.15) is 5.75 Å². The van der Waals surface area contributed by atoms with Crippen LogP contribution in [0.5, 0.6) is 11.8 Å². The fraction of sp³-hybridized carbons (Fsp3) is 0.267. The third-order valence-corrected chi connectivity index (χ3v) is 2.71. The van der Waals surface area contributed by atoms with Gasteiger partial charge in [-0.25, -0.2) is 9.97 Å². The van der Waals surface area contributed by atoms with Gasteiger partial charge in [-0.05, 0) is 44.4 Å². The maximum atomic E-state index is 11.9. The minimum Gasteiger partial charge on any atom is -0.424 e. The largest absolute Gasteiger partial charge is 0.424 e. The molecule has 0 aliphatic rings. The van der Waals surface area contributed by atoms with Crippen LogP contribution < -0.4 is 10.1 Å². The second-order valence-corrected chi connectivity index (χ2v) is 4.72. The van der Waals surface area contributed by atoms with Crippen molar-refractivity contribution in [2.75, 3.05) is 27.2 Å². The van der Waals surface area contributed by atoms with Crippen molar-refractivity contribution in [3.63, 3.8) is 0 Å². The van der Waals surface area contributed by atoms with Gasteiger partial charge >= 0.3 is 6.01 Å². The van der Waals surface area contributed by atoms with E-state index < -0.39 is 0 Å². The Hall–Kier alpha value is -2.47. The number of aromatic nitrogens is 2. The molecule has 6 heteroatoms. The quantitative estimate of drug-likeness (QED) is 0.873. The number of benzene rings is 1. The van der Waals surface area contributed by atoms with Gasteiger partial charge in [-0.1, -0.05) is 0 Å². The van der Waals surface area contributed by atoms with Crippen LogP contribution in [-0.2, 0) is 0 Å². The lowest BCUT2D eigenvalue weighted by atomic mass is 10.2. The van der Waals surface area contributed by atoms with Crippen LogP contribution in [0.4, 0.5) is 0 Å². The first-order chi connectivity index (χ1) is 10.1. The molecule has 0 aliphatic carbocycles. The minimum atomic E-state index is -0.0978. The number of amides is 1. The lowest BCUT2D eigenvalue weighted by molar-refractivity contribution is 0.0951. The Morgan fingerprint density at radius 1 is 1.19 bits per heavy atom. The number of hydrogen-bond donors (Lipinski definition) is 1. The Morgan fingerprint density at radius 3 is 2.48 bits per heavy atom. The summed E-state index contributed by atoms with van der Waals surface area (Å²) in [5.74, 6) is 0.491. The average Bonchev–Trinajstić information content (AvgIpc) is 2.48. The summed E-state index contributed by atoms with van der Waals surface area (Å²) in [7, 11) is 3.92. The van der Waals surface area contributed by atoms with Crippen LogP contribution in [0, 0.1) is 0 Å². The molecule has 6 nitrogen and oxygen atoms in total. The molecule has 0 atom stereocenters. The lowest BCUT2D eigenvalue weighted by Gasteiger charge is -2.10. The second-order valence-electron chi connectivity index (χ2n) is 4.72. The molecule has 0 radical (unpaired) electrons. The molecule has 0 aliphatic heterocycles. The monoisotopic (exact) mass is 286 g/mol. The van der Waals surface area contributed by atoms with E-state index in [2.05, 4.69) is 15.3 Å². The Kier molecular flexibility index (Phi) is 5.22. The van der Waals surface area contributed by atoms with Crippen molar-refractivity contribution in [3.05, 3.63) is 48.3 Å². The molecule has 1 heterocycles. The molecule has 110 valence electrons. The highest BCUT2D eigenvalue weighted by Crippen LogP contribution is 2.17. The van der Waals surface area contributed by atoms with E-state index in [4.69, 9.17) is 4.74 Å². The Morgan fingerprint density at radius 2 is 1.86 bits per heavy atom. The van der Waals surface area contributed by atoms with Crippen molar-refractivity contribution < 1.29 is 9.53 Å². The van der Waals surface area contributed by atoms with Crippen molar-refractivity contribution >= 4 is 5.91 Å². The van der Waals surface area contributed by atoms with Gasteiger partial charge in [0.15, 0.2) is 0 Å². The van der Waals surface area contributed by atoms with Crippen LogP contribution in [0.25, 0.3) is 0 Å². The summed E-state index contributed by atoms with van der Waals surface area (Å²) in [6, 6.07) is 8.86. The van der Waals surface area contributed by atoms with Crippen molar-refractivity contribution in [1.29, 1.82) is 0 Å². The lowest BCUT2D eigenvalue weighted by Crippen LogP contribution is -2.31. The highest BCUT2D eigenvalue weighted by atomic mass is 16.5. The summed E-state index contributed by atoms with van der Waals surface area (Å²) < 4.78 is 5.47. The summed E-state index contributed by atoms with van der Waals surface area (Å²) in [4.78, 5) is 21.9. The Bertz CT molecular complexity index is 570. The molecule has 1 aromatic heterocycles. The molecule has 0 saturated heterocycles. The predicted octanol–water partition coefficient (Wildman–Crippen LogP) is 1.56. The number of rotatable bonds is 6. The number of carbonyl (C=O) groups excluding carboxylic acids is 1. The number of hydrogen-bond acceptors (Lipinski definition) is 5. The normalized spacial score (nSPS) is 10.4. The smallest absolute Gasteiger partial charge is 0.321 e. The Balaban J connectivity index is 1.91. The van der Waals surface area contributed by atoms with E-state index in [9.17, 15) is 4.79 Å². The zero-order valence-corrected chi connectivity index (χ0v) is 12.1. The van der Waals surface area contributed by atoms with E-state index in [1.807, 2.05) is 19.0 Å². The van der Waals surface area contributed by atoms with Crippen molar-refractivity contribution in [1.82, 2.24) is 20.2 Å². The number of nitrogens with one attached hydrogen (secondary N) is 1. The third kappa shape index (κ3) is 4.85. The summed E-state index contributed by atoms with van der Waals surface area (Å²) >= 11 is 0. The third-order valence-electron chi connectivity index (χ3n) is 2.71. The molecule has 1 aromatic carbocycles. The van der Waals surface area contributed by atoms with Gasteiger partial charge in [0.05, 0.1) is 0 Å². The van der Waals surface area contributed by atoms with Crippen LogP contribution >= 0.6 is 0 Å². The summed E-state index contributed by atoms with van der Waals surface area (Å²) in [5.41, 5.74) is 0.593. The predicted molar refractivity (Wildman–Crippen MR) is 79.4 cm³/mol. The molecule has 21 heavy (non-hydrogen) atoms. The molecule has 1 amide bonds. The second kappa shape index (κ2) is 7.35. The molecule has 2 rings (SSSR count). The molecule has 0 saturated carbocycles. The van der Waals surface area contributed by atoms with Gasteiger partial charge in [-0.15, -0.1) is 0 Å². The van der Waals surface area contributed by atoms with E-state index in [0.29, 0.717) is 17.9 Å². The summed E-state index contributed by atoms with van der Waals surface area (Å²) in [5, 5.41) is 2.85. The summed E-state index contributed by atoms with van der Waals surface area (Å²) in [6.07, 6.45) is 3.21. The van der Waals surface area contributed by atoms with Gasteiger partial charge in [-0.3, -0.25) is 4.79 Å². The van der Waals surface area contributed by atoms with Gasteiger partial charge < -0.3 is 15.0 Å². The van der Waals surface area contributed by atoms with E-state index in [-0.39, 0.29) is 11.9 Å². The fourth-order valence-electron chi connectivity index (χ4n) is 1.61. The Labute approximate surface area is 123 Å². The van der Waals surface area contributed by atoms with E-state index >= 15 is 0 Å². The maximum Gasteiger partial charge on any atom is 0.321 e. The van der Waals surface area contributed by atoms with Crippen molar-refractivity contribution in [2.45, 2.75) is 0 Å². The first kappa shape index (κ1) is 14.9. The first-order valence-corrected chi connectivity index (χ1v) is 6.63. The highest BCUT2D eigenvalue weighted by Gasteiger charge is 2.06. The molecule has 0 spiro atoms. The molecule has 0 fully saturated rings. The van der Waals surface area contributed by atoms with Crippen LogP contribution in [0.1, 0.15) is 10.4 Å². The number of likely N-dealkylation sites (N-methyl/N-ethyl adjacent to an activating group) is 1. The van der Waals surface area contributed by atoms with Gasteiger partial charge in [0.25, 0.3) is 5.91 Å². The van der Waals surface area contributed by atoms with E-state index in [0.717, 1.165) is 6.54 Å². The summed E-state index contributed by atoms with van der Waals surface area (Å²) in [6.45, 7) is 1.42. The number of ether oxygens (including phenoxy) is 1. The molecule has 1 N–H and O–H groups in total. The zero-order valence-electron chi connectivity index (χ0n) is 12.1. The van der Waals surface area contributed by atoms with Crippen LogP contribution in [0.15, 0.2) is 42.7 Å². The van der Waals surface area contributed by atoms with Gasteiger partial charge in [-0.2, -0.15) is 0 Å². The van der Waals surface area contributed by atoms with Gasteiger partial charge in [0.2, 0.25) is 0 Å². The standard InChI is InChI=1S/C15H18N4O2/c1-19(2)11-10-16-14(20)12-4-6-13(7-5-12)21-15-17-8-3-9-18-15/h3-9H,10-11H2,1-2H3,(H,16,20). The maximum absolute atomic E-state index is 11.9.